The van der Waals surface area contributed by atoms with Crippen LogP contribution in [0.15, 0.2) is 24.3 Å². The first-order chi connectivity index (χ1) is 10.3. The summed E-state index contributed by atoms with van der Waals surface area (Å²) in [5.74, 6) is 0.0826. The van der Waals surface area contributed by atoms with Gasteiger partial charge in [0.15, 0.2) is 0 Å². The summed E-state index contributed by atoms with van der Waals surface area (Å²) in [4.78, 5) is 11.8. The van der Waals surface area contributed by atoms with Crippen molar-refractivity contribution in [3.05, 3.63) is 29.8 Å². The number of ether oxygens (including phenoxy) is 1. The van der Waals surface area contributed by atoms with Gasteiger partial charge in [0.1, 0.15) is 5.75 Å². The van der Waals surface area contributed by atoms with E-state index in [0.717, 1.165) is 12.8 Å². The molecular formula is C15H25N2O4P. The second-order valence-corrected chi connectivity index (χ2v) is 8.05. The van der Waals surface area contributed by atoms with Gasteiger partial charge in [0.25, 0.3) is 0 Å². The van der Waals surface area contributed by atoms with Gasteiger partial charge < -0.3 is 9.26 Å². The highest BCUT2D eigenvalue weighted by Gasteiger charge is 2.31. The van der Waals surface area contributed by atoms with Crippen molar-refractivity contribution in [2.45, 2.75) is 19.8 Å². The monoisotopic (exact) mass is 328 g/mol. The van der Waals surface area contributed by atoms with Gasteiger partial charge in [-0.15, -0.1) is 0 Å². The SMILES string of the molecule is CCCCOC(=O)c1ccc(OP(=O)(N(C)C)N(C)C)cc1. The van der Waals surface area contributed by atoms with Gasteiger partial charge in [-0.3, -0.25) is 0 Å². The van der Waals surface area contributed by atoms with Crippen LogP contribution in [0.4, 0.5) is 0 Å². The zero-order valence-electron chi connectivity index (χ0n) is 13.9. The van der Waals surface area contributed by atoms with Gasteiger partial charge in [-0.05, 0) is 58.9 Å². The average Bonchev–Trinajstić information content (AvgIpc) is 2.47. The number of nitrogens with zero attached hydrogens (tertiary/aromatic N) is 2. The molecule has 0 amide bonds. The summed E-state index contributed by atoms with van der Waals surface area (Å²) in [7, 11) is 3.68. The third-order valence-electron chi connectivity index (χ3n) is 3.06. The van der Waals surface area contributed by atoms with Crippen molar-refractivity contribution < 1.29 is 18.6 Å². The van der Waals surface area contributed by atoms with Gasteiger partial charge in [0, 0.05) is 0 Å². The molecule has 1 rings (SSSR count). The molecule has 7 heteroatoms. The van der Waals surface area contributed by atoms with Gasteiger partial charge in [0.2, 0.25) is 0 Å². The molecule has 1 aromatic rings. The van der Waals surface area contributed by atoms with Crippen LogP contribution in [0.3, 0.4) is 0 Å². The average molecular weight is 328 g/mol. The normalized spacial score (nSPS) is 11.8. The number of unbranched alkanes of at least 4 members (excludes halogenated alkanes) is 1. The fraction of sp³-hybridized carbons (Fsp3) is 0.533. The van der Waals surface area contributed by atoms with Gasteiger partial charge in [0.05, 0.1) is 12.2 Å². The molecule has 0 N–H and O–H groups in total. The maximum atomic E-state index is 12.7. The van der Waals surface area contributed by atoms with Crippen LogP contribution < -0.4 is 4.52 Å². The van der Waals surface area contributed by atoms with E-state index in [9.17, 15) is 9.36 Å². The minimum atomic E-state index is -3.10. The summed E-state index contributed by atoms with van der Waals surface area (Å²) in [6.45, 7) is 2.46. The minimum Gasteiger partial charge on any atom is -0.462 e. The summed E-state index contributed by atoms with van der Waals surface area (Å²) in [6, 6.07) is 6.46. The first-order valence-electron chi connectivity index (χ1n) is 7.23. The van der Waals surface area contributed by atoms with E-state index in [0.29, 0.717) is 17.9 Å². The smallest absolute Gasteiger partial charge is 0.394 e. The largest absolute Gasteiger partial charge is 0.462 e. The van der Waals surface area contributed by atoms with Gasteiger partial charge in [-0.25, -0.2) is 18.7 Å². The Kier molecular flexibility index (Phi) is 7.07. The van der Waals surface area contributed by atoms with E-state index in [1.54, 1.807) is 61.8 Å². The molecule has 0 bridgehead atoms. The van der Waals surface area contributed by atoms with Crippen LogP contribution >= 0.6 is 7.67 Å². The highest BCUT2D eigenvalue weighted by molar-refractivity contribution is 7.54. The molecule has 0 spiro atoms. The third kappa shape index (κ3) is 4.83. The standard InChI is InChI=1S/C15H25N2O4P/c1-6-7-12-20-15(18)13-8-10-14(11-9-13)21-22(19,16(2)3)17(4)5/h8-11H,6-7,12H2,1-5H3. The molecule has 124 valence electrons. The summed E-state index contributed by atoms with van der Waals surface area (Å²) in [5.41, 5.74) is 0.452. The first kappa shape index (κ1) is 18.7. The van der Waals surface area contributed by atoms with Gasteiger partial charge >= 0.3 is 13.6 Å². The number of hydrogen-bond donors (Lipinski definition) is 0. The molecule has 0 fully saturated rings. The van der Waals surface area contributed by atoms with Crippen molar-refractivity contribution >= 4 is 13.6 Å². The van der Waals surface area contributed by atoms with Crippen LogP contribution in [0, 0.1) is 0 Å². The zero-order chi connectivity index (χ0) is 16.8. The van der Waals surface area contributed by atoms with Crippen molar-refractivity contribution in [3.63, 3.8) is 0 Å². The lowest BCUT2D eigenvalue weighted by Crippen LogP contribution is -2.24. The molecule has 0 aliphatic carbocycles. The number of carbonyl (C=O) groups is 1. The van der Waals surface area contributed by atoms with E-state index >= 15 is 0 Å². The maximum absolute atomic E-state index is 12.7. The molecule has 0 heterocycles. The molecule has 0 aliphatic heterocycles. The molecule has 0 saturated heterocycles. The number of rotatable bonds is 8. The van der Waals surface area contributed by atoms with Gasteiger partial charge in [-0.2, -0.15) is 0 Å². The number of esters is 1. The molecule has 0 aliphatic rings. The van der Waals surface area contributed by atoms with E-state index in [4.69, 9.17) is 9.26 Å². The Bertz CT molecular complexity index is 517. The van der Waals surface area contributed by atoms with Crippen LogP contribution in [-0.4, -0.2) is 50.1 Å². The molecule has 0 atom stereocenters. The van der Waals surface area contributed by atoms with Crippen LogP contribution in [0.2, 0.25) is 0 Å². The molecule has 0 unspecified atom stereocenters. The Balaban J connectivity index is 2.76. The first-order valence-corrected chi connectivity index (χ1v) is 8.76. The summed E-state index contributed by atoms with van der Waals surface area (Å²) >= 11 is 0. The van der Waals surface area contributed by atoms with E-state index in [1.807, 2.05) is 6.92 Å². The van der Waals surface area contributed by atoms with Crippen LogP contribution in [-0.2, 0) is 9.30 Å². The van der Waals surface area contributed by atoms with Crippen molar-refractivity contribution in [2.75, 3.05) is 34.8 Å². The Morgan fingerprint density at radius 1 is 1.09 bits per heavy atom. The Morgan fingerprint density at radius 3 is 2.09 bits per heavy atom. The number of carbonyl (C=O) groups excluding carboxylic acids is 1. The number of hydrogen-bond acceptors (Lipinski definition) is 4. The number of benzene rings is 1. The maximum Gasteiger partial charge on any atom is 0.394 e. The summed E-state index contributed by atoms with van der Waals surface area (Å²) < 4.78 is 26.5. The Hall–Kier alpha value is -1.36. The lowest BCUT2D eigenvalue weighted by atomic mass is 10.2. The lowest BCUT2D eigenvalue weighted by molar-refractivity contribution is 0.0500. The zero-order valence-corrected chi connectivity index (χ0v) is 14.8. The molecule has 22 heavy (non-hydrogen) atoms. The topological polar surface area (TPSA) is 59.1 Å². The van der Waals surface area contributed by atoms with Gasteiger partial charge in [-0.1, -0.05) is 13.3 Å². The minimum absolute atomic E-state index is 0.358. The fourth-order valence-corrected chi connectivity index (χ4v) is 3.14. The second kappa shape index (κ2) is 8.32. The van der Waals surface area contributed by atoms with E-state index in [1.165, 1.54) is 0 Å². The van der Waals surface area contributed by atoms with E-state index in [-0.39, 0.29) is 5.97 Å². The Morgan fingerprint density at radius 2 is 1.64 bits per heavy atom. The fourth-order valence-electron chi connectivity index (χ4n) is 1.70. The van der Waals surface area contributed by atoms with Crippen molar-refractivity contribution in [3.8, 4) is 5.75 Å². The summed E-state index contributed by atoms with van der Waals surface area (Å²) in [5, 5.41) is 0. The second-order valence-electron chi connectivity index (χ2n) is 5.29. The highest BCUT2D eigenvalue weighted by Crippen LogP contribution is 2.50. The summed E-state index contributed by atoms with van der Waals surface area (Å²) in [6.07, 6.45) is 1.83. The van der Waals surface area contributed by atoms with Crippen LogP contribution in [0.25, 0.3) is 0 Å². The van der Waals surface area contributed by atoms with Crippen molar-refractivity contribution in [1.82, 2.24) is 9.34 Å². The third-order valence-corrected chi connectivity index (χ3v) is 5.53. The predicted octanol–water partition coefficient (Wildman–Crippen LogP) is 3.25. The van der Waals surface area contributed by atoms with Crippen LogP contribution in [0.5, 0.6) is 5.75 Å². The molecule has 0 aromatic heterocycles. The highest BCUT2D eigenvalue weighted by atomic mass is 31.2. The van der Waals surface area contributed by atoms with Crippen molar-refractivity contribution in [2.24, 2.45) is 0 Å². The quantitative estimate of drug-likeness (QED) is 0.415. The lowest BCUT2D eigenvalue weighted by Gasteiger charge is -2.29. The molecule has 1 aromatic carbocycles. The molecule has 0 radical (unpaired) electrons. The molecule has 0 saturated carbocycles. The molecule has 6 nitrogen and oxygen atoms in total. The van der Waals surface area contributed by atoms with E-state index in [2.05, 4.69) is 0 Å². The Labute approximate surface area is 132 Å². The van der Waals surface area contributed by atoms with Crippen LogP contribution in [0.1, 0.15) is 30.1 Å². The molecular weight excluding hydrogens is 303 g/mol. The van der Waals surface area contributed by atoms with Crippen molar-refractivity contribution in [1.29, 1.82) is 0 Å². The predicted molar refractivity (Wildman–Crippen MR) is 87.2 cm³/mol. The van der Waals surface area contributed by atoms with E-state index < -0.39 is 7.67 Å².